The van der Waals surface area contributed by atoms with Crippen molar-refractivity contribution >= 4 is 5.91 Å². The van der Waals surface area contributed by atoms with Crippen LogP contribution in [0.4, 0.5) is 0 Å². The number of aryl methyl sites for hydroxylation is 3. The van der Waals surface area contributed by atoms with Crippen molar-refractivity contribution in [2.75, 3.05) is 33.2 Å². The molecule has 30 heavy (non-hydrogen) atoms. The van der Waals surface area contributed by atoms with Crippen molar-refractivity contribution in [2.24, 2.45) is 5.41 Å². The minimum atomic E-state index is -0.0896. The maximum absolute atomic E-state index is 13.2. The molecule has 0 saturated carbocycles. The second-order valence-corrected chi connectivity index (χ2v) is 8.86. The highest BCUT2D eigenvalue weighted by molar-refractivity contribution is 5.94. The molecule has 9 nitrogen and oxygen atoms in total. The predicted molar refractivity (Wildman–Crippen MR) is 107 cm³/mol. The van der Waals surface area contributed by atoms with Gasteiger partial charge in [0.1, 0.15) is 11.5 Å². The summed E-state index contributed by atoms with van der Waals surface area (Å²) in [6.45, 7) is 9.32. The molecule has 1 unspecified atom stereocenters. The first-order valence-electron chi connectivity index (χ1n) is 10.2. The molecule has 2 fully saturated rings. The van der Waals surface area contributed by atoms with Crippen LogP contribution in [0.1, 0.15) is 44.9 Å². The first-order valence-corrected chi connectivity index (χ1v) is 10.2. The average molecular weight is 410 g/mol. The number of likely N-dealkylation sites (N-methyl/N-ethyl adjacent to an activating group) is 1. The third-order valence-electron chi connectivity index (χ3n) is 6.32. The smallest absolute Gasteiger partial charge is 0.276 e. The molecule has 3 aromatic rings. The van der Waals surface area contributed by atoms with Crippen molar-refractivity contribution in [3.05, 3.63) is 52.8 Å². The molecule has 0 bridgehead atoms. The van der Waals surface area contributed by atoms with Gasteiger partial charge in [0.15, 0.2) is 11.6 Å². The number of likely N-dealkylation sites (tertiary alicyclic amines) is 2. The van der Waals surface area contributed by atoms with E-state index in [-0.39, 0.29) is 17.2 Å². The molecule has 2 aliphatic heterocycles. The van der Waals surface area contributed by atoms with Crippen LogP contribution in [0.3, 0.4) is 0 Å². The molecule has 2 aliphatic rings. The third kappa shape index (κ3) is 3.04. The summed E-state index contributed by atoms with van der Waals surface area (Å²) < 4.78 is 13.0. The number of hydrogen-bond donors (Lipinski definition) is 0. The van der Waals surface area contributed by atoms with E-state index >= 15 is 0 Å². The summed E-state index contributed by atoms with van der Waals surface area (Å²) in [5.74, 6) is 2.34. The van der Waals surface area contributed by atoms with Gasteiger partial charge in [-0.1, -0.05) is 5.16 Å². The topological polar surface area (TPSA) is 93.4 Å². The molecule has 158 valence electrons. The molecule has 0 N–H and O–H groups in total. The number of carbonyl (C=O) groups is 1. The Labute approximate surface area is 174 Å². The van der Waals surface area contributed by atoms with Gasteiger partial charge in [0, 0.05) is 43.4 Å². The Morgan fingerprint density at radius 1 is 1.23 bits per heavy atom. The molecule has 5 heterocycles. The van der Waals surface area contributed by atoms with Crippen molar-refractivity contribution in [2.45, 2.75) is 33.2 Å². The second-order valence-electron chi connectivity index (χ2n) is 8.86. The van der Waals surface area contributed by atoms with Crippen LogP contribution in [0.25, 0.3) is 0 Å². The predicted octanol–water partition coefficient (Wildman–Crippen LogP) is 2.00. The fraction of sp³-hybridized carbons (Fsp3) is 0.524. The molecule has 9 heteroatoms. The largest absolute Gasteiger partial charge is 0.446 e. The van der Waals surface area contributed by atoms with E-state index in [0.717, 1.165) is 35.9 Å². The number of rotatable bonds is 4. The van der Waals surface area contributed by atoms with Gasteiger partial charge in [0.2, 0.25) is 0 Å². The second kappa shape index (κ2) is 6.80. The summed E-state index contributed by atoms with van der Waals surface area (Å²) in [6.07, 6.45) is 5.51. The van der Waals surface area contributed by atoms with E-state index in [1.54, 1.807) is 17.1 Å². The Morgan fingerprint density at radius 3 is 2.70 bits per heavy atom. The summed E-state index contributed by atoms with van der Waals surface area (Å²) in [7, 11) is 2.10. The van der Waals surface area contributed by atoms with Gasteiger partial charge in [-0.2, -0.15) is 5.10 Å². The van der Waals surface area contributed by atoms with Crippen molar-refractivity contribution in [1.82, 2.24) is 29.7 Å². The fourth-order valence-electron chi connectivity index (χ4n) is 4.88. The summed E-state index contributed by atoms with van der Waals surface area (Å²) in [5, 5.41) is 8.41. The van der Waals surface area contributed by atoms with Gasteiger partial charge in [-0.15, -0.1) is 0 Å². The lowest BCUT2D eigenvalue weighted by Gasteiger charge is -2.50. The third-order valence-corrected chi connectivity index (χ3v) is 6.32. The SMILES string of the molecule is Cc1cnn(Cc2c(C(=O)N3CC4(CN(C)CC4c4ncc(C)o4)C3)noc2C)c1. The van der Waals surface area contributed by atoms with Gasteiger partial charge in [0.05, 0.1) is 24.9 Å². The summed E-state index contributed by atoms with van der Waals surface area (Å²) >= 11 is 0. The lowest BCUT2D eigenvalue weighted by Crippen LogP contribution is -2.61. The van der Waals surface area contributed by atoms with Crippen LogP contribution in [0.2, 0.25) is 0 Å². The minimum Gasteiger partial charge on any atom is -0.446 e. The summed E-state index contributed by atoms with van der Waals surface area (Å²) in [6, 6.07) is 0. The van der Waals surface area contributed by atoms with Gasteiger partial charge in [-0.25, -0.2) is 4.98 Å². The van der Waals surface area contributed by atoms with Crippen LogP contribution in [0.5, 0.6) is 0 Å². The first kappa shape index (κ1) is 19.0. The summed E-state index contributed by atoms with van der Waals surface area (Å²) in [4.78, 5) is 21.9. The van der Waals surface area contributed by atoms with Crippen LogP contribution in [0, 0.1) is 26.2 Å². The Morgan fingerprint density at radius 2 is 2.03 bits per heavy atom. The Balaban J connectivity index is 1.34. The molecule has 0 aliphatic carbocycles. The lowest BCUT2D eigenvalue weighted by molar-refractivity contribution is -0.000271. The van der Waals surface area contributed by atoms with Crippen LogP contribution in [0.15, 0.2) is 27.5 Å². The van der Waals surface area contributed by atoms with Crippen LogP contribution < -0.4 is 0 Å². The number of carbonyl (C=O) groups excluding carboxylic acids is 1. The molecule has 1 amide bonds. The maximum Gasteiger partial charge on any atom is 0.276 e. The standard InChI is InChI=1S/C21H26N6O3/c1-13-5-23-27(7-13)8-16-15(3)30-24-18(16)20(28)26-11-21(12-26)10-25(4)9-17(21)19-22-6-14(2)29-19/h5-7,17H,8-12H2,1-4H3. The Kier molecular flexibility index (Phi) is 4.32. The number of amides is 1. The maximum atomic E-state index is 13.2. The lowest BCUT2D eigenvalue weighted by atomic mass is 9.71. The minimum absolute atomic E-state index is 0.0280. The number of nitrogens with zero attached hydrogens (tertiary/aromatic N) is 6. The van der Waals surface area contributed by atoms with Crippen LogP contribution >= 0.6 is 0 Å². The number of oxazole rings is 1. The van der Waals surface area contributed by atoms with Crippen LogP contribution in [-0.4, -0.2) is 68.9 Å². The van der Waals surface area contributed by atoms with E-state index in [0.29, 0.717) is 31.1 Å². The molecule has 2 saturated heterocycles. The molecule has 0 radical (unpaired) electrons. The van der Waals surface area contributed by atoms with Gasteiger partial charge < -0.3 is 18.7 Å². The quantitative estimate of drug-likeness (QED) is 0.649. The monoisotopic (exact) mass is 410 g/mol. The molecular weight excluding hydrogens is 384 g/mol. The van der Waals surface area contributed by atoms with E-state index in [1.807, 2.05) is 31.9 Å². The molecule has 5 rings (SSSR count). The Bertz CT molecular complexity index is 1090. The van der Waals surface area contributed by atoms with Crippen LogP contribution in [-0.2, 0) is 6.54 Å². The number of aromatic nitrogens is 4. The zero-order valence-electron chi connectivity index (χ0n) is 17.8. The van der Waals surface area contributed by atoms with E-state index in [4.69, 9.17) is 8.94 Å². The molecular formula is C21H26N6O3. The number of hydrogen-bond acceptors (Lipinski definition) is 7. The zero-order valence-corrected chi connectivity index (χ0v) is 17.8. The Hall–Kier alpha value is -2.94. The van der Waals surface area contributed by atoms with Crippen molar-refractivity contribution in [3.63, 3.8) is 0 Å². The zero-order chi connectivity index (χ0) is 21.0. The molecule has 1 spiro atoms. The molecule has 0 aromatic carbocycles. The van der Waals surface area contributed by atoms with Gasteiger partial charge >= 0.3 is 0 Å². The highest BCUT2D eigenvalue weighted by Gasteiger charge is 2.57. The van der Waals surface area contributed by atoms with E-state index in [2.05, 4.69) is 27.2 Å². The average Bonchev–Trinajstić information content (AvgIpc) is 3.42. The van der Waals surface area contributed by atoms with Crippen molar-refractivity contribution in [3.8, 4) is 0 Å². The van der Waals surface area contributed by atoms with E-state index in [1.165, 1.54) is 0 Å². The normalized spacial score (nSPS) is 20.8. The molecule has 3 aromatic heterocycles. The van der Waals surface area contributed by atoms with Gasteiger partial charge in [-0.3, -0.25) is 9.48 Å². The highest BCUT2D eigenvalue weighted by Crippen LogP contribution is 2.48. The highest BCUT2D eigenvalue weighted by atomic mass is 16.5. The van der Waals surface area contributed by atoms with Gasteiger partial charge in [0.25, 0.3) is 5.91 Å². The first-order chi connectivity index (χ1) is 14.3. The van der Waals surface area contributed by atoms with Crippen molar-refractivity contribution < 1.29 is 13.7 Å². The molecule has 1 atom stereocenters. The fourth-order valence-corrected chi connectivity index (χ4v) is 4.88. The van der Waals surface area contributed by atoms with Crippen molar-refractivity contribution in [1.29, 1.82) is 0 Å². The summed E-state index contributed by atoms with van der Waals surface area (Å²) in [5.41, 5.74) is 2.21. The van der Waals surface area contributed by atoms with E-state index in [9.17, 15) is 4.79 Å². The van der Waals surface area contributed by atoms with Gasteiger partial charge in [-0.05, 0) is 33.4 Å². The van der Waals surface area contributed by atoms with E-state index < -0.39 is 0 Å².